The molecule has 0 heterocycles. The van der Waals surface area contributed by atoms with Gasteiger partial charge in [-0.2, -0.15) is 0 Å². The van der Waals surface area contributed by atoms with Gasteiger partial charge in [-0.25, -0.2) is 0 Å². The topological polar surface area (TPSA) is 9.23 Å². The molecule has 0 amide bonds. The van der Waals surface area contributed by atoms with Crippen LogP contribution in [0.3, 0.4) is 0 Å². The second kappa shape index (κ2) is 18.4. The molecule has 1 heteroatoms. The number of unbranched alkanes of at least 4 members (excludes halogenated alkanes) is 2. The number of ether oxygens (including phenoxy) is 1. The van der Waals surface area contributed by atoms with E-state index in [4.69, 9.17) is 4.74 Å². The monoisotopic (exact) mass is 502 g/mol. The molecule has 0 aliphatic heterocycles. The number of aryl methyl sites for hydroxylation is 1. The quantitative estimate of drug-likeness (QED) is 0.184. The summed E-state index contributed by atoms with van der Waals surface area (Å²) >= 11 is 0. The van der Waals surface area contributed by atoms with Crippen molar-refractivity contribution in [1.82, 2.24) is 0 Å². The zero-order valence-electron chi connectivity index (χ0n) is 24.0. The fourth-order valence-electron chi connectivity index (χ4n) is 5.99. The maximum atomic E-state index is 5.85. The van der Waals surface area contributed by atoms with E-state index < -0.39 is 0 Å². The van der Waals surface area contributed by atoms with Crippen LogP contribution in [0.1, 0.15) is 120 Å². The van der Waals surface area contributed by atoms with Crippen LogP contribution >= 0.6 is 0 Å². The van der Waals surface area contributed by atoms with Crippen LogP contribution in [-0.2, 0) is 17.8 Å². The lowest BCUT2D eigenvalue weighted by Gasteiger charge is -2.28. The van der Waals surface area contributed by atoms with E-state index in [1.54, 1.807) is 0 Å². The Morgan fingerprint density at radius 3 is 2.08 bits per heavy atom. The Balaban J connectivity index is 1.13. The third-order valence-electron chi connectivity index (χ3n) is 8.48. The maximum absolute atomic E-state index is 5.85. The highest BCUT2D eigenvalue weighted by Gasteiger charge is 2.20. The first kappa shape index (κ1) is 29.7. The number of allylic oxidation sites excluding steroid dienone is 1. The van der Waals surface area contributed by atoms with E-state index in [1.807, 2.05) is 0 Å². The van der Waals surface area contributed by atoms with Crippen molar-refractivity contribution < 1.29 is 4.74 Å². The van der Waals surface area contributed by atoms with Crippen LogP contribution in [0.2, 0.25) is 0 Å². The minimum Gasteiger partial charge on any atom is -0.377 e. The lowest BCUT2D eigenvalue weighted by Crippen LogP contribution is -2.14. The molecule has 0 radical (unpaired) electrons. The minimum atomic E-state index is 0.753. The molecular weight excluding hydrogens is 448 g/mol. The van der Waals surface area contributed by atoms with Crippen LogP contribution in [0.25, 0.3) is 6.08 Å². The van der Waals surface area contributed by atoms with Crippen LogP contribution in [0.5, 0.6) is 0 Å². The molecule has 1 atom stereocenters. The Kier molecular flexibility index (Phi) is 14.8. The van der Waals surface area contributed by atoms with Gasteiger partial charge >= 0.3 is 0 Å². The fraction of sp³-hybridized carbons (Fsp3) is 0.611. The highest BCUT2D eigenvalue weighted by molar-refractivity contribution is 5.49. The average Bonchev–Trinajstić information content (AvgIpc) is 2.94. The lowest BCUT2D eigenvalue weighted by atomic mass is 9.77. The van der Waals surface area contributed by atoms with Crippen molar-refractivity contribution in [2.24, 2.45) is 17.8 Å². The smallest absolute Gasteiger partial charge is 0.0716 e. The minimum absolute atomic E-state index is 0.753. The van der Waals surface area contributed by atoms with Crippen molar-refractivity contribution in [2.45, 2.75) is 117 Å². The highest BCUT2D eigenvalue weighted by Crippen LogP contribution is 2.34. The highest BCUT2D eigenvalue weighted by atomic mass is 16.5. The largest absolute Gasteiger partial charge is 0.377 e. The molecule has 0 spiro atoms. The first-order chi connectivity index (χ1) is 18.2. The summed E-state index contributed by atoms with van der Waals surface area (Å²) in [7, 11) is 0. The molecule has 0 N–H and O–H groups in total. The van der Waals surface area contributed by atoms with Crippen molar-refractivity contribution in [2.75, 3.05) is 6.61 Å². The predicted octanol–water partition coefficient (Wildman–Crippen LogP) is 10.8. The molecule has 1 unspecified atom stereocenters. The summed E-state index contributed by atoms with van der Waals surface area (Å²) in [5.41, 5.74) is 4.11. The van der Waals surface area contributed by atoms with Gasteiger partial charge in [-0.15, -0.1) is 0 Å². The zero-order chi connectivity index (χ0) is 26.0. The van der Waals surface area contributed by atoms with Crippen molar-refractivity contribution in [1.29, 1.82) is 0 Å². The number of hydrogen-bond acceptors (Lipinski definition) is 1. The van der Waals surface area contributed by atoms with Crippen LogP contribution in [0.4, 0.5) is 0 Å². The van der Waals surface area contributed by atoms with Gasteiger partial charge in [0, 0.05) is 6.61 Å². The third-order valence-corrected chi connectivity index (χ3v) is 8.48. The predicted molar refractivity (Wildman–Crippen MR) is 162 cm³/mol. The third kappa shape index (κ3) is 13.0. The number of hydrogen-bond donors (Lipinski definition) is 0. The van der Waals surface area contributed by atoms with E-state index in [2.05, 4.69) is 80.6 Å². The molecule has 1 saturated carbocycles. The van der Waals surface area contributed by atoms with Gasteiger partial charge in [-0.05, 0) is 66.5 Å². The Labute approximate surface area is 229 Å². The van der Waals surface area contributed by atoms with Crippen molar-refractivity contribution in [3.63, 3.8) is 0 Å². The first-order valence-electron chi connectivity index (χ1n) is 15.6. The normalized spacial score (nSPS) is 18.9. The van der Waals surface area contributed by atoms with Gasteiger partial charge in [0.1, 0.15) is 0 Å². The average molecular weight is 503 g/mol. The van der Waals surface area contributed by atoms with E-state index in [9.17, 15) is 0 Å². The van der Waals surface area contributed by atoms with Crippen molar-refractivity contribution >= 4 is 6.08 Å². The van der Waals surface area contributed by atoms with Crippen molar-refractivity contribution in [3.8, 4) is 0 Å². The standard InChI is InChI=1S/C36H54O/c1-3-4-15-32-21-23-34(24-22-32)17-10-11-18-35-27-25-33(26-28-35)16-9-8-13-31(2)14-12-29-37-30-36-19-6-5-7-20-36/h4-7,15,19-24,31,33,35H,3,8-14,16-18,25-30H2,1-2H3/b15-4+/t31?,33-,35-. The van der Waals surface area contributed by atoms with Gasteiger partial charge in [0.05, 0.1) is 6.61 Å². The molecule has 204 valence electrons. The Hall–Kier alpha value is -1.86. The second-order valence-electron chi connectivity index (χ2n) is 11.8. The van der Waals surface area contributed by atoms with Gasteiger partial charge in [0.15, 0.2) is 0 Å². The van der Waals surface area contributed by atoms with Gasteiger partial charge in [-0.3, -0.25) is 0 Å². The summed E-state index contributed by atoms with van der Waals surface area (Å²) in [4.78, 5) is 0. The molecule has 1 fully saturated rings. The molecule has 1 nitrogen and oxygen atoms in total. The summed E-state index contributed by atoms with van der Waals surface area (Å²) in [6.45, 7) is 6.27. The SMILES string of the molecule is CC/C=C/c1ccc(CCCC[C@H]2CC[C@H](CCCCC(C)CCCOCc3ccccc3)CC2)cc1. The van der Waals surface area contributed by atoms with Crippen LogP contribution < -0.4 is 0 Å². The van der Waals surface area contributed by atoms with Gasteiger partial charge in [0.2, 0.25) is 0 Å². The first-order valence-corrected chi connectivity index (χ1v) is 15.6. The van der Waals surface area contributed by atoms with Crippen LogP contribution in [0.15, 0.2) is 60.7 Å². The van der Waals surface area contributed by atoms with E-state index >= 15 is 0 Å². The van der Waals surface area contributed by atoms with E-state index in [1.165, 1.54) is 107 Å². The summed E-state index contributed by atoms with van der Waals surface area (Å²) in [6.07, 6.45) is 25.2. The summed E-state index contributed by atoms with van der Waals surface area (Å²) in [5.74, 6) is 2.85. The Bertz CT molecular complexity index is 829. The van der Waals surface area contributed by atoms with Crippen LogP contribution in [0, 0.1) is 17.8 Å². The summed E-state index contributed by atoms with van der Waals surface area (Å²) in [6, 6.07) is 19.7. The molecule has 0 aromatic heterocycles. The summed E-state index contributed by atoms with van der Waals surface area (Å²) < 4.78 is 5.85. The molecule has 3 rings (SSSR count). The fourth-order valence-corrected chi connectivity index (χ4v) is 5.99. The van der Waals surface area contributed by atoms with Gasteiger partial charge in [-0.1, -0.05) is 145 Å². The van der Waals surface area contributed by atoms with Gasteiger partial charge < -0.3 is 4.74 Å². The Morgan fingerprint density at radius 2 is 1.41 bits per heavy atom. The maximum Gasteiger partial charge on any atom is 0.0716 e. The van der Waals surface area contributed by atoms with E-state index in [0.29, 0.717) is 0 Å². The molecule has 2 aromatic carbocycles. The summed E-state index contributed by atoms with van der Waals surface area (Å²) in [5, 5.41) is 0. The molecule has 0 saturated heterocycles. The molecule has 0 bridgehead atoms. The molecule has 37 heavy (non-hydrogen) atoms. The van der Waals surface area contributed by atoms with E-state index in [-0.39, 0.29) is 0 Å². The van der Waals surface area contributed by atoms with E-state index in [0.717, 1.165) is 37.4 Å². The second-order valence-corrected chi connectivity index (χ2v) is 11.8. The molecular formula is C36H54O. The lowest BCUT2D eigenvalue weighted by molar-refractivity contribution is 0.114. The van der Waals surface area contributed by atoms with Crippen LogP contribution in [-0.4, -0.2) is 6.61 Å². The van der Waals surface area contributed by atoms with Gasteiger partial charge in [0.25, 0.3) is 0 Å². The molecule has 1 aliphatic rings. The number of benzene rings is 2. The number of rotatable bonds is 18. The van der Waals surface area contributed by atoms with Crippen molar-refractivity contribution in [3.05, 3.63) is 77.4 Å². The molecule has 1 aliphatic carbocycles. The molecule has 2 aromatic rings. The zero-order valence-corrected chi connectivity index (χ0v) is 24.0. The Morgan fingerprint density at radius 1 is 0.757 bits per heavy atom.